The molecule has 0 bridgehead atoms. The number of aromatic nitrogens is 3. The van der Waals surface area contributed by atoms with Crippen molar-refractivity contribution in [1.82, 2.24) is 14.8 Å². The van der Waals surface area contributed by atoms with Crippen LogP contribution in [0.15, 0.2) is 65.5 Å². The van der Waals surface area contributed by atoms with Crippen LogP contribution in [-0.4, -0.2) is 20.7 Å². The molecule has 0 aliphatic carbocycles. The minimum absolute atomic E-state index is 0.334. The van der Waals surface area contributed by atoms with Crippen molar-refractivity contribution in [2.45, 2.75) is 19.9 Å². The second kappa shape index (κ2) is 7.09. The van der Waals surface area contributed by atoms with Crippen LogP contribution in [0.4, 0.5) is 5.82 Å². The molecule has 1 amide bonds. The summed E-state index contributed by atoms with van der Waals surface area (Å²) in [6.07, 6.45) is 0. The molecule has 25 heavy (non-hydrogen) atoms. The van der Waals surface area contributed by atoms with E-state index in [1.807, 2.05) is 49.4 Å². The maximum atomic E-state index is 12.5. The second-order valence-corrected chi connectivity index (χ2v) is 5.70. The van der Waals surface area contributed by atoms with Gasteiger partial charge in [-0.1, -0.05) is 36.4 Å². The lowest BCUT2D eigenvalue weighted by molar-refractivity contribution is -0.119. The van der Waals surface area contributed by atoms with E-state index in [1.165, 1.54) is 10.7 Å². The summed E-state index contributed by atoms with van der Waals surface area (Å²) in [5.41, 5.74) is 1.98. The van der Waals surface area contributed by atoms with Gasteiger partial charge in [-0.2, -0.15) is 5.10 Å². The number of nitrogens with one attached hydrogen (secondary N) is 1. The van der Waals surface area contributed by atoms with Crippen LogP contribution >= 0.6 is 0 Å². The highest BCUT2D eigenvalue weighted by atomic mass is 16.2. The molecule has 3 rings (SSSR count). The number of carbonyl (C=O) groups excluding carboxylic acids is 1. The summed E-state index contributed by atoms with van der Waals surface area (Å²) in [6.45, 7) is 3.47. The summed E-state index contributed by atoms with van der Waals surface area (Å²) in [5, 5.41) is 7.06. The van der Waals surface area contributed by atoms with Gasteiger partial charge >= 0.3 is 0 Å². The van der Waals surface area contributed by atoms with Crippen LogP contribution in [0, 0.1) is 6.92 Å². The predicted octanol–water partition coefficient (Wildman–Crippen LogP) is 2.81. The Morgan fingerprint density at radius 3 is 2.52 bits per heavy atom. The Morgan fingerprint density at radius 1 is 1.04 bits per heavy atom. The predicted molar refractivity (Wildman–Crippen MR) is 96.2 cm³/mol. The second-order valence-electron chi connectivity index (χ2n) is 5.70. The molecule has 3 aromatic rings. The third-order valence-corrected chi connectivity index (χ3v) is 3.78. The fourth-order valence-corrected chi connectivity index (χ4v) is 2.42. The molecule has 2 aromatic heterocycles. The molecular weight excluding hydrogens is 316 g/mol. The molecule has 6 nitrogen and oxygen atoms in total. The molecule has 0 fully saturated rings. The molecule has 0 saturated carbocycles. The van der Waals surface area contributed by atoms with Crippen molar-refractivity contribution in [2.75, 3.05) is 5.32 Å². The monoisotopic (exact) mass is 334 g/mol. The number of hydrogen-bond acceptors (Lipinski definition) is 4. The van der Waals surface area contributed by atoms with Crippen LogP contribution in [0.5, 0.6) is 0 Å². The van der Waals surface area contributed by atoms with Gasteiger partial charge in [-0.15, -0.1) is 0 Å². The van der Waals surface area contributed by atoms with Gasteiger partial charge in [-0.25, -0.2) is 9.67 Å². The van der Waals surface area contributed by atoms with E-state index < -0.39 is 6.04 Å². The highest BCUT2D eigenvalue weighted by Gasteiger charge is 2.18. The standard InChI is InChI=1S/C19H18N4O2/c1-13-7-6-10-17(20-13)21-19(25)14(2)23-18(24)12-11-16(22-23)15-8-4-3-5-9-15/h3-12,14H,1-2H3,(H,20,21,25). The van der Waals surface area contributed by atoms with E-state index in [4.69, 9.17) is 0 Å². The number of aryl methyl sites for hydroxylation is 1. The van der Waals surface area contributed by atoms with Crippen molar-refractivity contribution in [1.29, 1.82) is 0 Å². The molecule has 1 aromatic carbocycles. The first-order chi connectivity index (χ1) is 12.0. The number of pyridine rings is 1. The van der Waals surface area contributed by atoms with Gasteiger partial charge in [-0.05, 0) is 32.0 Å². The molecular formula is C19H18N4O2. The van der Waals surface area contributed by atoms with Gasteiger partial charge < -0.3 is 5.32 Å². The number of rotatable bonds is 4. The van der Waals surface area contributed by atoms with Gasteiger partial charge in [0.1, 0.15) is 11.9 Å². The van der Waals surface area contributed by atoms with Crippen LogP contribution in [0.3, 0.4) is 0 Å². The van der Waals surface area contributed by atoms with Gasteiger partial charge in [0.2, 0.25) is 5.91 Å². The molecule has 1 unspecified atom stereocenters. The Kier molecular flexibility index (Phi) is 4.70. The van der Waals surface area contributed by atoms with Crippen LogP contribution in [-0.2, 0) is 4.79 Å². The zero-order valence-electron chi connectivity index (χ0n) is 14.0. The van der Waals surface area contributed by atoms with Crippen molar-refractivity contribution in [2.24, 2.45) is 0 Å². The average Bonchev–Trinajstić information content (AvgIpc) is 2.62. The van der Waals surface area contributed by atoms with Crippen molar-refractivity contribution < 1.29 is 4.79 Å². The van der Waals surface area contributed by atoms with E-state index in [0.717, 1.165) is 11.3 Å². The molecule has 1 atom stereocenters. The molecule has 2 heterocycles. The quantitative estimate of drug-likeness (QED) is 0.796. The first-order valence-corrected chi connectivity index (χ1v) is 7.94. The Hall–Kier alpha value is -3.28. The Balaban J connectivity index is 1.87. The SMILES string of the molecule is Cc1cccc(NC(=O)C(C)n2nc(-c3ccccc3)ccc2=O)n1. The Labute approximate surface area is 145 Å². The lowest BCUT2D eigenvalue weighted by atomic mass is 10.1. The fraction of sp³-hybridized carbons (Fsp3) is 0.158. The average molecular weight is 334 g/mol. The van der Waals surface area contributed by atoms with E-state index in [2.05, 4.69) is 15.4 Å². The maximum absolute atomic E-state index is 12.5. The zero-order chi connectivity index (χ0) is 17.8. The van der Waals surface area contributed by atoms with E-state index in [1.54, 1.807) is 19.1 Å². The molecule has 0 spiro atoms. The number of amides is 1. The largest absolute Gasteiger partial charge is 0.309 e. The van der Waals surface area contributed by atoms with E-state index in [0.29, 0.717) is 11.5 Å². The normalized spacial score (nSPS) is 11.8. The highest BCUT2D eigenvalue weighted by Crippen LogP contribution is 2.15. The van der Waals surface area contributed by atoms with Crippen LogP contribution < -0.4 is 10.9 Å². The minimum Gasteiger partial charge on any atom is -0.309 e. The molecule has 0 aliphatic heterocycles. The number of carbonyl (C=O) groups is 1. The highest BCUT2D eigenvalue weighted by molar-refractivity contribution is 5.92. The lowest BCUT2D eigenvalue weighted by Gasteiger charge is -2.15. The van der Waals surface area contributed by atoms with Gasteiger partial charge in [0.05, 0.1) is 5.69 Å². The van der Waals surface area contributed by atoms with Crippen molar-refractivity contribution in [3.63, 3.8) is 0 Å². The maximum Gasteiger partial charge on any atom is 0.267 e. The summed E-state index contributed by atoms with van der Waals surface area (Å²) >= 11 is 0. The van der Waals surface area contributed by atoms with Crippen molar-refractivity contribution in [3.05, 3.63) is 76.7 Å². The van der Waals surface area contributed by atoms with Crippen molar-refractivity contribution >= 4 is 11.7 Å². The number of hydrogen-bond donors (Lipinski definition) is 1. The molecule has 0 saturated heterocycles. The number of nitrogens with zero attached hydrogens (tertiary/aromatic N) is 3. The molecule has 126 valence electrons. The number of benzene rings is 1. The zero-order valence-corrected chi connectivity index (χ0v) is 14.0. The van der Waals surface area contributed by atoms with Gasteiger partial charge in [-0.3, -0.25) is 9.59 Å². The smallest absolute Gasteiger partial charge is 0.267 e. The third-order valence-electron chi connectivity index (χ3n) is 3.78. The first-order valence-electron chi connectivity index (χ1n) is 7.94. The molecule has 6 heteroatoms. The van der Waals surface area contributed by atoms with Gasteiger partial charge in [0, 0.05) is 17.3 Å². The van der Waals surface area contributed by atoms with Crippen molar-refractivity contribution in [3.8, 4) is 11.3 Å². The summed E-state index contributed by atoms with van der Waals surface area (Å²) in [4.78, 5) is 28.9. The minimum atomic E-state index is -0.765. The van der Waals surface area contributed by atoms with Crippen LogP contribution in [0.25, 0.3) is 11.3 Å². The fourth-order valence-electron chi connectivity index (χ4n) is 2.42. The summed E-state index contributed by atoms with van der Waals surface area (Å²) in [6, 6.07) is 17.2. The molecule has 1 N–H and O–H groups in total. The van der Waals surface area contributed by atoms with E-state index in [9.17, 15) is 9.59 Å². The summed E-state index contributed by atoms with van der Waals surface area (Å²) in [5.74, 6) is 0.0991. The third kappa shape index (κ3) is 3.80. The van der Waals surface area contributed by atoms with Crippen LogP contribution in [0.2, 0.25) is 0 Å². The molecule has 0 aliphatic rings. The Bertz CT molecular complexity index is 951. The Morgan fingerprint density at radius 2 is 1.80 bits per heavy atom. The first kappa shape index (κ1) is 16.6. The summed E-state index contributed by atoms with van der Waals surface area (Å²) in [7, 11) is 0. The van der Waals surface area contributed by atoms with Crippen LogP contribution in [0.1, 0.15) is 18.7 Å². The molecule has 0 radical (unpaired) electrons. The van der Waals surface area contributed by atoms with E-state index >= 15 is 0 Å². The van der Waals surface area contributed by atoms with Gasteiger partial charge in [0.25, 0.3) is 5.56 Å². The van der Waals surface area contributed by atoms with E-state index in [-0.39, 0.29) is 11.5 Å². The summed E-state index contributed by atoms with van der Waals surface area (Å²) < 4.78 is 1.19. The topological polar surface area (TPSA) is 76.9 Å². The lowest BCUT2D eigenvalue weighted by Crippen LogP contribution is -2.33. The number of anilines is 1. The van der Waals surface area contributed by atoms with Gasteiger partial charge in [0.15, 0.2) is 0 Å².